The second-order valence-corrected chi connectivity index (χ2v) is 7.65. The molecule has 0 bridgehead atoms. The number of hydrazone groups is 1. The fourth-order valence-corrected chi connectivity index (χ4v) is 3.30. The number of nitrogens with one attached hydrogen (secondary N) is 1. The average Bonchev–Trinajstić information content (AvgIpc) is 3.49. The normalized spacial score (nSPS) is 11.1. The van der Waals surface area contributed by atoms with Crippen molar-refractivity contribution in [2.45, 2.75) is 19.8 Å². The Morgan fingerprint density at radius 2 is 1.88 bits per heavy atom. The van der Waals surface area contributed by atoms with Crippen molar-refractivity contribution in [1.29, 1.82) is 5.26 Å². The molecule has 0 aliphatic heterocycles. The maximum atomic E-state index is 9.34. The van der Waals surface area contributed by atoms with Crippen molar-refractivity contribution >= 4 is 12.1 Å². The van der Waals surface area contributed by atoms with Crippen molar-refractivity contribution in [3.05, 3.63) is 71.9 Å². The Kier molecular flexibility index (Phi) is 6.59. The summed E-state index contributed by atoms with van der Waals surface area (Å²) in [4.78, 5) is 4.19. The summed E-state index contributed by atoms with van der Waals surface area (Å²) in [5, 5.41) is 18.4. The molecule has 0 aliphatic rings. The van der Waals surface area contributed by atoms with Crippen LogP contribution in [-0.4, -0.2) is 35.2 Å². The minimum atomic E-state index is 0.0485. The number of methoxy groups -OCH3 is 2. The molecule has 9 heteroatoms. The van der Waals surface area contributed by atoms with E-state index in [2.05, 4.69) is 15.5 Å². The molecule has 0 aliphatic carbocycles. The Labute approximate surface area is 197 Å². The summed E-state index contributed by atoms with van der Waals surface area (Å²) >= 11 is 0. The van der Waals surface area contributed by atoms with Crippen LogP contribution >= 0.6 is 0 Å². The molecule has 0 saturated heterocycles. The molecule has 172 valence electrons. The van der Waals surface area contributed by atoms with Gasteiger partial charge in [0, 0.05) is 23.2 Å². The second-order valence-electron chi connectivity index (χ2n) is 7.65. The van der Waals surface area contributed by atoms with Crippen LogP contribution in [0.1, 0.15) is 36.9 Å². The first-order valence-electron chi connectivity index (χ1n) is 10.6. The number of anilines is 1. The fraction of sp³-hybridized carbons (Fsp3) is 0.200. The molecule has 0 atom stereocenters. The number of benzene rings is 2. The fourth-order valence-electron chi connectivity index (χ4n) is 3.30. The number of hydrogen-bond donors (Lipinski definition) is 1. The van der Waals surface area contributed by atoms with E-state index < -0.39 is 0 Å². The number of aromatic nitrogens is 3. The summed E-state index contributed by atoms with van der Waals surface area (Å²) in [7, 11) is 3.18. The third-order valence-corrected chi connectivity index (χ3v) is 5.03. The van der Waals surface area contributed by atoms with Crippen LogP contribution in [0.3, 0.4) is 0 Å². The lowest BCUT2D eigenvalue weighted by molar-refractivity contribution is 0.355. The third kappa shape index (κ3) is 4.61. The summed E-state index contributed by atoms with van der Waals surface area (Å²) in [5.74, 6) is 1.94. The molecular formula is C25H24N6O3. The first-order valence-corrected chi connectivity index (χ1v) is 10.6. The molecule has 4 rings (SSSR count). The van der Waals surface area contributed by atoms with E-state index in [4.69, 9.17) is 19.0 Å². The van der Waals surface area contributed by atoms with E-state index in [1.807, 2.05) is 74.6 Å². The molecule has 2 aromatic carbocycles. The zero-order chi connectivity index (χ0) is 24.1. The van der Waals surface area contributed by atoms with Crippen LogP contribution in [0.15, 0.2) is 64.2 Å². The van der Waals surface area contributed by atoms with Gasteiger partial charge in [-0.05, 0) is 30.3 Å². The quantitative estimate of drug-likeness (QED) is 0.294. The minimum Gasteiger partial charge on any atom is -0.493 e. The van der Waals surface area contributed by atoms with Crippen LogP contribution in [0.25, 0.3) is 16.9 Å². The third-order valence-electron chi connectivity index (χ3n) is 5.03. The summed E-state index contributed by atoms with van der Waals surface area (Å²) in [6.07, 6.45) is 3.49. The number of oxazole rings is 1. The first kappa shape index (κ1) is 22.6. The van der Waals surface area contributed by atoms with Gasteiger partial charge in [-0.25, -0.2) is 15.1 Å². The van der Waals surface area contributed by atoms with Crippen molar-refractivity contribution < 1.29 is 13.9 Å². The van der Waals surface area contributed by atoms with Gasteiger partial charge in [-0.1, -0.05) is 32.0 Å². The predicted octanol–water partition coefficient (Wildman–Crippen LogP) is 4.99. The van der Waals surface area contributed by atoms with E-state index >= 15 is 0 Å². The highest BCUT2D eigenvalue weighted by atomic mass is 16.5. The van der Waals surface area contributed by atoms with Crippen LogP contribution < -0.4 is 14.9 Å². The average molecular weight is 457 g/mol. The Hall–Kier alpha value is -4.58. The van der Waals surface area contributed by atoms with Gasteiger partial charge in [0.05, 0.1) is 26.1 Å². The standard InChI is InChI=1S/C25H24N6O3/c1-16(2)24-28-20(13-26)25(34-24)29-27-14-18-15-31(19-8-6-5-7-9-19)30-23(18)17-10-11-21(32-3)22(12-17)33-4/h5-12,14-16,29H,1-4H3/b27-14+. The van der Waals surface area contributed by atoms with Gasteiger partial charge in [0.1, 0.15) is 11.8 Å². The first-order chi connectivity index (χ1) is 16.5. The van der Waals surface area contributed by atoms with Crippen LogP contribution in [0.4, 0.5) is 5.88 Å². The summed E-state index contributed by atoms with van der Waals surface area (Å²) in [6, 6.07) is 17.4. The van der Waals surface area contributed by atoms with Gasteiger partial charge < -0.3 is 13.9 Å². The van der Waals surface area contributed by atoms with Crippen LogP contribution in [-0.2, 0) is 0 Å². The number of ether oxygens (including phenoxy) is 2. The number of nitrogens with zero attached hydrogens (tertiary/aromatic N) is 5. The van der Waals surface area contributed by atoms with Crippen LogP contribution in [0.5, 0.6) is 11.5 Å². The van der Waals surface area contributed by atoms with Crippen LogP contribution in [0, 0.1) is 11.3 Å². The van der Waals surface area contributed by atoms with Gasteiger partial charge in [-0.3, -0.25) is 0 Å². The van der Waals surface area contributed by atoms with Gasteiger partial charge in [0.15, 0.2) is 11.5 Å². The van der Waals surface area contributed by atoms with Crippen molar-refractivity contribution in [2.24, 2.45) is 5.10 Å². The minimum absolute atomic E-state index is 0.0485. The number of hydrogen-bond acceptors (Lipinski definition) is 8. The largest absolute Gasteiger partial charge is 0.493 e. The molecule has 34 heavy (non-hydrogen) atoms. The summed E-state index contributed by atoms with van der Waals surface area (Å²) < 4.78 is 18.2. The van der Waals surface area contributed by atoms with E-state index in [-0.39, 0.29) is 17.5 Å². The van der Waals surface area contributed by atoms with Crippen molar-refractivity contribution in [2.75, 3.05) is 19.6 Å². The lowest BCUT2D eigenvalue weighted by atomic mass is 10.1. The van der Waals surface area contributed by atoms with Gasteiger partial charge in [0.2, 0.25) is 11.6 Å². The summed E-state index contributed by atoms with van der Waals surface area (Å²) in [6.45, 7) is 3.88. The van der Waals surface area contributed by atoms with Crippen molar-refractivity contribution in [1.82, 2.24) is 14.8 Å². The monoisotopic (exact) mass is 456 g/mol. The molecule has 0 saturated carbocycles. The Morgan fingerprint density at radius 1 is 1.12 bits per heavy atom. The molecule has 0 spiro atoms. The molecule has 4 aromatic rings. The lowest BCUT2D eigenvalue weighted by Crippen LogP contribution is -1.95. The zero-order valence-corrected chi connectivity index (χ0v) is 19.3. The maximum absolute atomic E-state index is 9.34. The molecular weight excluding hydrogens is 432 g/mol. The van der Waals surface area contributed by atoms with E-state index in [9.17, 15) is 5.26 Å². The van der Waals surface area contributed by atoms with Gasteiger partial charge in [0.25, 0.3) is 5.88 Å². The van der Waals surface area contributed by atoms with Crippen LogP contribution in [0.2, 0.25) is 0 Å². The number of para-hydroxylation sites is 1. The van der Waals surface area contributed by atoms with Crippen molar-refractivity contribution in [3.8, 4) is 34.5 Å². The molecule has 0 fully saturated rings. The van der Waals surface area contributed by atoms with E-state index in [1.54, 1.807) is 25.1 Å². The topological polar surface area (TPSA) is 110 Å². The number of nitriles is 1. The van der Waals surface area contributed by atoms with Gasteiger partial charge >= 0.3 is 0 Å². The Morgan fingerprint density at radius 3 is 2.56 bits per heavy atom. The molecule has 0 unspecified atom stereocenters. The second kappa shape index (κ2) is 9.92. The zero-order valence-electron chi connectivity index (χ0n) is 19.3. The van der Waals surface area contributed by atoms with E-state index in [0.717, 1.165) is 16.8 Å². The SMILES string of the molecule is COc1ccc(-c2nn(-c3ccccc3)cc2/C=N/Nc2oc(C(C)C)nc2C#N)cc1OC. The summed E-state index contributed by atoms with van der Waals surface area (Å²) in [5.41, 5.74) is 6.11. The highest BCUT2D eigenvalue weighted by Crippen LogP contribution is 2.33. The molecule has 9 nitrogen and oxygen atoms in total. The highest BCUT2D eigenvalue weighted by Gasteiger charge is 2.16. The van der Waals surface area contributed by atoms with Gasteiger partial charge in [-0.15, -0.1) is 0 Å². The Balaban J connectivity index is 1.72. The Bertz CT molecular complexity index is 1350. The van der Waals surface area contributed by atoms with Crippen molar-refractivity contribution in [3.63, 3.8) is 0 Å². The molecule has 0 radical (unpaired) electrons. The lowest BCUT2D eigenvalue weighted by Gasteiger charge is -2.09. The molecule has 0 amide bonds. The molecule has 2 heterocycles. The smallest absolute Gasteiger partial charge is 0.252 e. The highest BCUT2D eigenvalue weighted by molar-refractivity contribution is 5.89. The predicted molar refractivity (Wildman–Crippen MR) is 129 cm³/mol. The van der Waals surface area contributed by atoms with E-state index in [1.165, 1.54) is 0 Å². The maximum Gasteiger partial charge on any atom is 0.252 e. The van der Waals surface area contributed by atoms with Gasteiger partial charge in [-0.2, -0.15) is 15.5 Å². The molecule has 1 N–H and O–H groups in total. The molecule has 2 aromatic heterocycles. The van der Waals surface area contributed by atoms with E-state index in [0.29, 0.717) is 23.1 Å². The number of rotatable bonds is 8.